The molecule has 2 rings (SSSR count). The Morgan fingerprint density at radius 1 is 1.21 bits per heavy atom. The number of nitrogens with one attached hydrogen (secondary N) is 2. The molecule has 5 nitrogen and oxygen atoms in total. The third kappa shape index (κ3) is 3.72. The Labute approximate surface area is 113 Å². The molecule has 2 unspecified atom stereocenters. The van der Waals surface area contributed by atoms with Gasteiger partial charge in [0.15, 0.2) is 0 Å². The van der Waals surface area contributed by atoms with E-state index in [1.165, 1.54) is 6.42 Å². The molecule has 1 fully saturated rings. The molecule has 0 saturated heterocycles. The maximum atomic E-state index is 11.9. The first-order valence-electron chi connectivity index (χ1n) is 6.98. The van der Waals surface area contributed by atoms with E-state index < -0.39 is 11.9 Å². The molecule has 2 amide bonds. The lowest BCUT2D eigenvalue weighted by atomic mass is 9.83. The van der Waals surface area contributed by atoms with Crippen molar-refractivity contribution in [2.75, 3.05) is 0 Å². The number of aliphatic carboxylic acids is 1. The molecule has 0 radical (unpaired) electrons. The first-order valence-corrected chi connectivity index (χ1v) is 6.98. The van der Waals surface area contributed by atoms with Gasteiger partial charge in [0.1, 0.15) is 0 Å². The lowest BCUT2D eigenvalue weighted by molar-refractivity contribution is -0.140. The number of urea groups is 1. The van der Waals surface area contributed by atoms with Gasteiger partial charge in [0.2, 0.25) is 0 Å². The summed E-state index contributed by atoms with van der Waals surface area (Å²) in [7, 11) is 0. The van der Waals surface area contributed by atoms with E-state index in [-0.39, 0.29) is 17.6 Å². The second-order valence-electron chi connectivity index (χ2n) is 5.89. The standard InChI is InChI=1S/C14H22N2O3/c1-14(7-3-2-4-8-14)16-13(19)15-11-6-5-10(9-11)12(17)18/h5-6,10-11H,2-4,7-9H2,1H3,(H,17,18)(H2,15,16,19). The molecule has 2 aliphatic carbocycles. The van der Waals surface area contributed by atoms with Crippen LogP contribution in [0.15, 0.2) is 12.2 Å². The largest absolute Gasteiger partial charge is 0.481 e. The normalized spacial score (nSPS) is 28.9. The van der Waals surface area contributed by atoms with Gasteiger partial charge in [0, 0.05) is 5.54 Å². The topological polar surface area (TPSA) is 78.4 Å². The highest BCUT2D eigenvalue weighted by atomic mass is 16.4. The van der Waals surface area contributed by atoms with Crippen LogP contribution in [0.2, 0.25) is 0 Å². The van der Waals surface area contributed by atoms with E-state index >= 15 is 0 Å². The van der Waals surface area contributed by atoms with E-state index in [0.717, 1.165) is 25.7 Å². The van der Waals surface area contributed by atoms with E-state index in [2.05, 4.69) is 17.6 Å². The zero-order valence-corrected chi connectivity index (χ0v) is 11.3. The van der Waals surface area contributed by atoms with Crippen LogP contribution in [0, 0.1) is 5.92 Å². The van der Waals surface area contributed by atoms with Gasteiger partial charge in [-0.2, -0.15) is 0 Å². The van der Waals surface area contributed by atoms with Gasteiger partial charge in [0.25, 0.3) is 0 Å². The second-order valence-corrected chi connectivity index (χ2v) is 5.89. The minimum atomic E-state index is -0.833. The van der Waals surface area contributed by atoms with Crippen molar-refractivity contribution < 1.29 is 14.7 Å². The van der Waals surface area contributed by atoms with Crippen LogP contribution in [0.5, 0.6) is 0 Å². The summed E-state index contributed by atoms with van der Waals surface area (Å²) in [5.41, 5.74) is -0.114. The minimum absolute atomic E-state index is 0.114. The van der Waals surface area contributed by atoms with Crippen molar-refractivity contribution in [2.24, 2.45) is 5.92 Å². The highest BCUT2D eigenvalue weighted by Crippen LogP contribution is 2.27. The summed E-state index contributed by atoms with van der Waals surface area (Å²) in [5.74, 6) is -1.31. The maximum Gasteiger partial charge on any atom is 0.315 e. The molecule has 19 heavy (non-hydrogen) atoms. The van der Waals surface area contributed by atoms with Crippen LogP contribution < -0.4 is 10.6 Å². The van der Waals surface area contributed by atoms with Crippen molar-refractivity contribution in [2.45, 2.75) is 57.0 Å². The molecule has 0 heterocycles. The number of carbonyl (C=O) groups excluding carboxylic acids is 1. The summed E-state index contributed by atoms with van der Waals surface area (Å²) in [4.78, 5) is 22.8. The third-order valence-corrected chi connectivity index (χ3v) is 4.09. The van der Waals surface area contributed by atoms with Crippen molar-refractivity contribution in [1.29, 1.82) is 0 Å². The van der Waals surface area contributed by atoms with E-state index in [9.17, 15) is 9.59 Å². The lowest BCUT2D eigenvalue weighted by Gasteiger charge is -2.34. The Morgan fingerprint density at radius 3 is 2.47 bits per heavy atom. The van der Waals surface area contributed by atoms with Crippen LogP contribution in [0.3, 0.4) is 0 Å². The third-order valence-electron chi connectivity index (χ3n) is 4.09. The van der Waals surface area contributed by atoms with E-state index in [4.69, 9.17) is 5.11 Å². The van der Waals surface area contributed by atoms with Gasteiger partial charge in [-0.3, -0.25) is 4.79 Å². The molecule has 106 valence electrons. The molecular weight excluding hydrogens is 244 g/mol. The molecule has 0 bridgehead atoms. The summed E-state index contributed by atoms with van der Waals surface area (Å²) in [5, 5.41) is 14.8. The van der Waals surface area contributed by atoms with Crippen molar-refractivity contribution in [3.8, 4) is 0 Å². The first kappa shape index (κ1) is 13.9. The number of hydrogen-bond acceptors (Lipinski definition) is 2. The molecule has 2 atom stereocenters. The van der Waals surface area contributed by atoms with Crippen LogP contribution in [-0.2, 0) is 4.79 Å². The number of amides is 2. The van der Waals surface area contributed by atoms with Gasteiger partial charge >= 0.3 is 12.0 Å². The predicted octanol–water partition coefficient (Wildman–Crippen LogP) is 2.04. The molecular formula is C14H22N2O3. The minimum Gasteiger partial charge on any atom is -0.481 e. The lowest BCUT2D eigenvalue weighted by Crippen LogP contribution is -2.52. The van der Waals surface area contributed by atoms with Crippen molar-refractivity contribution in [3.63, 3.8) is 0 Å². The smallest absolute Gasteiger partial charge is 0.315 e. The van der Waals surface area contributed by atoms with Crippen molar-refractivity contribution >= 4 is 12.0 Å². The van der Waals surface area contributed by atoms with Crippen LogP contribution >= 0.6 is 0 Å². The molecule has 1 saturated carbocycles. The van der Waals surface area contributed by atoms with E-state index in [1.807, 2.05) is 0 Å². The summed E-state index contributed by atoms with van der Waals surface area (Å²) in [6, 6.07) is -0.363. The van der Waals surface area contributed by atoms with Gasteiger partial charge < -0.3 is 15.7 Å². The molecule has 0 aromatic rings. The molecule has 2 aliphatic rings. The summed E-state index contributed by atoms with van der Waals surface area (Å²) >= 11 is 0. The fourth-order valence-corrected chi connectivity index (χ4v) is 2.92. The molecule has 5 heteroatoms. The number of rotatable bonds is 3. The van der Waals surface area contributed by atoms with Crippen LogP contribution in [-0.4, -0.2) is 28.7 Å². The van der Waals surface area contributed by atoms with Crippen molar-refractivity contribution in [3.05, 3.63) is 12.2 Å². The first-order chi connectivity index (χ1) is 8.98. The number of hydrogen-bond donors (Lipinski definition) is 3. The van der Waals surface area contributed by atoms with E-state index in [0.29, 0.717) is 6.42 Å². The predicted molar refractivity (Wildman–Crippen MR) is 71.8 cm³/mol. The highest BCUT2D eigenvalue weighted by Gasteiger charge is 2.30. The van der Waals surface area contributed by atoms with Crippen LogP contribution in [0.25, 0.3) is 0 Å². The summed E-state index contributed by atoms with van der Waals surface area (Å²) in [6.45, 7) is 2.08. The number of carbonyl (C=O) groups is 2. The Bertz CT molecular complexity index is 386. The zero-order valence-electron chi connectivity index (χ0n) is 11.3. The molecule has 0 aromatic heterocycles. The Morgan fingerprint density at radius 2 is 1.89 bits per heavy atom. The Kier molecular flexibility index (Phi) is 4.12. The zero-order chi connectivity index (χ0) is 13.9. The molecule has 3 N–H and O–H groups in total. The van der Waals surface area contributed by atoms with Crippen LogP contribution in [0.4, 0.5) is 4.79 Å². The Hall–Kier alpha value is -1.52. The highest BCUT2D eigenvalue weighted by molar-refractivity contribution is 5.77. The fraction of sp³-hybridized carbons (Fsp3) is 0.714. The van der Waals surface area contributed by atoms with Gasteiger partial charge in [-0.25, -0.2) is 4.79 Å². The van der Waals surface area contributed by atoms with Crippen LogP contribution in [0.1, 0.15) is 45.4 Å². The van der Waals surface area contributed by atoms with Gasteiger partial charge in [-0.1, -0.05) is 31.4 Å². The maximum absolute atomic E-state index is 11.9. The van der Waals surface area contributed by atoms with Gasteiger partial charge in [-0.05, 0) is 26.2 Å². The summed E-state index contributed by atoms with van der Waals surface area (Å²) < 4.78 is 0. The molecule has 0 aromatic carbocycles. The number of carboxylic acids is 1. The molecule has 0 spiro atoms. The molecule has 0 aliphatic heterocycles. The van der Waals surface area contributed by atoms with Crippen molar-refractivity contribution in [1.82, 2.24) is 10.6 Å². The monoisotopic (exact) mass is 266 g/mol. The van der Waals surface area contributed by atoms with E-state index in [1.54, 1.807) is 12.2 Å². The summed E-state index contributed by atoms with van der Waals surface area (Å²) in [6.07, 6.45) is 9.43. The van der Waals surface area contributed by atoms with Gasteiger partial charge in [-0.15, -0.1) is 0 Å². The second kappa shape index (κ2) is 5.63. The SMILES string of the molecule is CC1(NC(=O)NC2C=CC(C(=O)O)C2)CCCCC1. The average molecular weight is 266 g/mol. The fourth-order valence-electron chi connectivity index (χ4n) is 2.92. The number of carboxylic acid groups (broad SMARTS) is 1. The quantitative estimate of drug-likeness (QED) is 0.684. The van der Waals surface area contributed by atoms with Gasteiger partial charge in [0.05, 0.1) is 12.0 Å². The average Bonchev–Trinajstić information content (AvgIpc) is 2.77. The Balaban J connectivity index is 1.79.